The van der Waals surface area contributed by atoms with Crippen molar-refractivity contribution < 1.29 is 5.11 Å². The molecule has 4 nitrogen and oxygen atoms in total. The molecule has 0 bridgehead atoms. The third-order valence-electron chi connectivity index (χ3n) is 2.23. The van der Waals surface area contributed by atoms with Crippen LogP contribution < -0.4 is 5.32 Å². The van der Waals surface area contributed by atoms with E-state index in [1.165, 1.54) is 0 Å². The molecule has 0 saturated heterocycles. The second-order valence-electron chi connectivity index (χ2n) is 3.65. The van der Waals surface area contributed by atoms with Crippen LogP contribution in [0.5, 0.6) is 0 Å². The Kier molecular flexibility index (Phi) is 4.32. The van der Waals surface area contributed by atoms with Gasteiger partial charge in [-0.2, -0.15) is 10.5 Å². The first-order chi connectivity index (χ1) is 7.71. The van der Waals surface area contributed by atoms with Crippen LogP contribution in [0, 0.1) is 28.6 Å². The molecule has 0 radical (unpaired) electrons. The van der Waals surface area contributed by atoms with Gasteiger partial charge in [0.1, 0.15) is 12.1 Å². The second-order valence-corrected chi connectivity index (χ2v) is 3.65. The van der Waals surface area contributed by atoms with Crippen LogP contribution in [-0.4, -0.2) is 18.3 Å². The lowest BCUT2D eigenvalue weighted by molar-refractivity contribution is 0.244. The molecule has 0 heterocycles. The molecule has 1 unspecified atom stereocenters. The fourth-order valence-corrected chi connectivity index (χ4v) is 1.20. The molecule has 0 aliphatic rings. The summed E-state index contributed by atoms with van der Waals surface area (Å²) in [5.41, 5.74) is 1.53. The van der Waals surface area contributed by atoms with Crippen LogP contribution >= 0.6 is 0 Å². The summed E-state index contributed by atoms with van der Waals surface area (Å²) in [6, 6.07) is 8.95. The molecule has 16 heavy (non-hydrogen) atoms. The van der Waals surface area contributed by atoms with Crippen molar-refractivity contribution >= 4 is 5.69 Å². The Morgan fingerprint density at radius 3 is 2.56 bits per heavy atom. The maximum absolute atomic E-state index is 8.86. The predicted octanol–water partition coefficient (Wildman–Crippen LogP) is 1.47. The van der Waals surface area contributed by atoms with E-state index in [0.717, 1.165) is 5.69 Å². The van der Waals surface area contributed by atoms with Crippen molar-refractivity contribution in [3.8, 4) is 12.1 Å². The fraction of sp³-hybridized carbons (Fsp3) is 0.333. The lowest BCUT2D eigenvalue weighted by atomic mass is 10.1. The SMILES string of the molecule is CC(CO)CNc1ccc(C#N)c(C#N)c1. The topological polar surface area (TPSA) is 79.8 Å². The van der Waals surface area contributed by atoms with E-state index in [-0.39, 0.29) is 12.5 Å². The number of nitrogens with zero attached hydrogens (tertiary/aromatic N) is 2. The van der Waals surface area contributed by atoms with Crippen LogP contribution in [0.25, 0.3) is 0 Å². The first-order valence-electron chi connectivity index (χ1n) is 5.00. The van der Waals surface area contributed by atoms with Crippen molar-refractivity contribution in [3.63, 3.8) is 0 Å². The summed E-state index contributed by atoms with van der Waals surface area (Å²) in [4.78, 5) is 0. The first kappa shape index (κ1) is 12.0. The average molecular weight is 215 g/mol. The van der Waals surface area contributed by atoms with Crippen molar-refractivity contribution in [2.75, 3.05) is 18.5 Å². The Morgan fingerprint density at radius 2 is 2.00 bits per heavy atom. The monoisotopic (exact) mass is 215 g/mol. The second kappa shape index (κ2) is 5.75. The minimum absolute atomic E-state index is 0.119. The van der Waals surface area contributed by atoms with Gasteiger partial charge >= 0.3 is 0 Å². The lowest BCUT2D eigenvalue weighted by Gasteiger charge is -2.11. The molecule has 0 amide bonds. The van der Waals surface area contributed by atoms with Crippen LogP contribution in [0.1, 0.15) is 18.1 Å². The highest BCUT2D eigenvalue weighted by Crippen LogP contribution is 2.14. The van der Waals surface area contributed by atoms with E-state index >= 15 is 0 Å². The Bertz CT molecular complexity index is 443. The molecule has 0 saturated carbocycles. The smallest absolute Gasteiger partial charge is 0.101 e. The molecular weight excluding hydrogens is 202 g/mol. The maximum Gasteiger partial charge on any atom is 0.101 e. The van der Waals surface area contributed by atoms with Gasteiger partial charge in [0.05, 0.1) is 11.1 Å². The molecule has 4 heteroatoms. The van der Waals surface area contributed by atoms with Crippen molar-refractivity contribution in [1.82, 2.24) is 0 Å². The standard InChI is InChI=1S/C12H13N3O/c1-9(8-16)7-15-12-3-2-10(5-13)11(4-12)6-14/h2-4,9,15-16H,7-8H2,1H3. The van der Waals surface area contributed by atoms with Crippen molar-refractivity contribution in [2.45, 2.75) is 6.92 Å². The normalized spacial score (nSPS) is 11.2. The van der Waals surface area contributed by atoms with E-state index in [1.54, 1.807) is 18.2 Å². The van der Waals surface area contributed by atoms with Gasteiger partial charge in [-0.1, -0.05) is 6.92 Å². The number of hydrogen-bond donors (Lipinski definition) is 2. The number of rotatable bonds is 4. The first-order valence-corrected chi connectivity index (χ1v) is 5.00. The maximum atomic E-state index is 8.86. The van der Waals surface area contributed by atoms with Gasteiger partial charge in [-0.3, -0.25) is 0 Å². The summed E-state index contributed by atoms with van der Waals surface area (Å²) >= 11 is 0. The minimum Gasteiger partial charge on any atom is -0.396 e. The zero-order valence-electron chi connectivity index (χ0n) is 9.07. The predicted molar refractivity (Wildman–Crippen MR) is 60.6 cm³/mol. The lowest BCUT2D eigenvalue weighted by Crippen LogP contribution is -2.14. The zero-order chi connectivity index (χ0) is 12.0. The summed E-state index contributed by atoms with van der Waals surface area (Å²) in [5, 5.41) is 29.5. The van der Waals surface area contributed by atoms with Gasteiger partial charge in [0, 0.05) is 18.8 Å². The average Bonchev–Trinajstić information content (AvgIpc) is 2.35. The van der Waals surface area contributed by atoms with Crippen molar-refractivity contribution in [2.24, 2.45) is 5.92 Å². The van der Waals surface area contributed by atoms with Gasteiger partial charge < -0.3 is 10.4 Å². The van der Waals surface area contributed by atoms with Crippen molar-refractivity contribution in [3.05, 3.63) is 29.3 Å². The van der Waals surface area contributed by atoms with Gasteiger partial charge in [-0.05, 0) is 24.1 Å². The largest absolute Gasteiger partial charge is 0.396 e. The molecule has 82 valence electrons. The van der Waals surface area contributed by atoms with E-state index in [1.807, 2.05) is 19.1 Å². The van der Waals surface area contributed by atoms with Crippen LogP contribution in [0.15, 0.2) is 18.2 Å². The molecule has 0 aromatic heterocycles. The summed E-state index contributed by atoms with van der Waals surface area (Å²) in [6.07, 6.45) is 0. The Labute approximate surface area is 94.8 Å². The summed E-state index contributed by atoms with van der Waals surface area (Å²) in [6.45, 7) is 2.67. The van der Waals surface area contributed by atoms with Gasteiger partial charge in [-0.15, -0.1) is 0 Å². The van der Waals surface area contributed by atoms with E-state index in [9.17, 15) is 0 Å². The van der Waals surface area contributed by atoms with Crippen LogP contribution in [0.3, 0.4) is 0 Å². The molecule has 0 fully saturated rings. The zero-order valence-corrected chi connectivity index (χ0v) is 9.07. The highest BCUT2D eigenvalue weighted by molar-refractivity contribution is 5.56. The van der Waals surface area contributed by atoms with E-state index in [4.69, 9.17) is 15.6 Å². The number of nitriles is 2. The van der Waals surface area contributed by atoms with E-state index in [0.29, 0.717) is 17.7 Å². The van der Waals surface area contributed by atoms with Gasteiger partial charge in [0.15, 0.2) is 0 Å². The number of anilines is 1. The molecule has 1 aromatic rings. The minimum atomic E-state index is 0.119. The number of aliphatic hydroxyl groups excluding tert-OH is 1. The fourth-order valence-electron chi connectivity index (χ4n) is 1.20. The quantitative estimate of drug-likeness (QED) is 0.797. The van der Waals surface area contributed by atoms with Gasteiger partial charge in [0.2, 0.25) is 0 Å². The highest BCUT2D eigenvalue weighted by Gasteiger charge is 2.04. The van der Waals surface area contributed by atoms with Crippen LogP contribution in [0.2, 0.25) is 0 Å². The van der Waals surface area contributed by atoms with Gasteiger partial charge in [0.25, 0.3) is 0 Å². The third kappa shape index (κ3) is 2.98. The molecule has 1 rings (SSSR count). The Hall–Kier alpha value is -2.04. The summed E-state index contributed by atoms with van der Waals surface area (Å²) in [7, 11) is 0. The molecule has 0 aliphatic carbocycles. The van der Waals surface area contributed by atoms with E-state index < -0.39 is 0 Å². The summed E-state index contributed by atoms with van der Waals surface area (Å²) in [5.74, 6) is 0.154. The Balaban J connectivity index is 2.77. The number of benzene rings is 1. The molecule has 1 atom stereocenters. The Morgan fingerprint density at radius 1 is 1.31 bits per heavy atom. The highest BCUT2D eigenvalue weighted by atomic mass is 16.3. The van der Waals surface area contributed by atoms with Crippen LogP contribution in [-0.2, 0) is 0 Å². The third-order valence-corrected chi connectivity index (χ3v) is 2.23. The number of hydrogen-bond acceptors (Lipinski definition) is 4. The molecule has 2 N–H and O–H groups in total. The molecule has 1 aromatic carbocycles. The van der Waals surface area contributed by atoms with Gasteiger partial charge in [-0.25, -0.2) is 0 Å². The van der Waals surface area contributed by atoms with Crippen molar-refractivity contribution in [1.29, 1.82) is 10.5 Å². The van der Waals surface area contributed by atoms with Crippen LogP contribution in [0.4, 0.5) is 5.69 Å². The summed E-state index contributed by atoms with van der Waals surface area (Å²) < 4.78 is 0. The number of aliphatic hydroxyl groups is 1. The molecular formula is C12H13N3O. The van der Waals surface area contributed by atoms with E-state index in [2.05, 4.69) is 5.32 Å². The molecule has 0 spiro atoms. The number of nitrogens with one attached hydrogen (secondary N) is 1. The molecule has 0 aliphatic heterocycles.